The standard InChI is InChI=1S/C33H28N2O10.C12H16N2O7.C6H6N2O3.C5H4N2O3.CH4O.Cl2OS/c1-33(45-30(39)23-16-10-5-11-17-23)26(44-29(38)22-14-8-4-9-15-22)24(20-42-28(37)21-12-6-3-7-13-21)43-32(33)35-19-18-34-25(27(35)36)31(40)41-2;1-12(19)8(16)6(5-15)21-11(12)14-4-3-13-7(9(14)17)10(18)20-2;1-11-6(10)4-5(9)8-3-2-7-4;8-4-3(5(9)10)6-1-2-7-4;1-2;1-4(2)3/h3-19,24,26,32H,20H2,1-2H3;3-4,6,8,11,15-16,19H,5H2,1-2H3;2-3H,1H3,(H,8,9);1-2H,(H,7,8)(H,9,10);2H,1H3;/t24-,26?,32-,33+;6-,8?,11-,12+;;;;/m11..../s1. The van der Waals surface area contributed by atoms with Gasteiger partial charge in [-0.3, -0.25) is 28.3 Å². The number of carboxylic acid groups (broad SMARTS) is 1. The zero-order valence-electron chi connectivity index (χ0n) is 49.4. The van der Waals surface area contributed by atoms with Crippen LogP contribution in [0.15, 0.2) is 160 Å². The van der Waals surface area contributed by atoms with Gasteiger partial charge < -0.3 is 73.4 Å². The summed E-state index contributed by atoms with van der Waals surface area (Å²) in [6, 6.07) is 24.3. The van der Waals surface area contributed by atoms with Gasteiger partial charge in [-0.2, -0.15) is 0 Å². The van der Waals surface area contributed by atoms with Crippen LogP contribution >= 0.6 is 21.4 Å². The Morgan fingerprint density at radius 2 is 0.978 bits per heavy atom. The molecule has 33 nitrogen and oxygen atoms in total. The van der Waals surface area contributed by atoms with Crippen molar-refractivity contribution in [2.75, 3.05) is 41.7 Å². The number of methoxy groups -OCH3 is 3. The van der Waals surface area contributed by atoms with Gasteiger partial charge in [0, 0.05) is 78.0 Å². The second-order valence-electron chi connectivity index (χ2n) is 18.5. The first-order valence-corrected chi connectivity index (χ1v) is 29.1. The summed E-state index contributed by atoms with van der Waals surface area (Å²) in [5, 5.41) is 44.6. The molecule has 2 saturated heterocycles. The number of nitrogens with one attached hydrogen (secondary N) is 2. The molecule has 0 radical (unpaired) electrons. The number of carboxylic acids is 1. The highest BCUT2D eigenvalue weighted by Crippen LogP contribution is 2.44. The highest BCUT2D eigenvalue weighted by molar-refractivity contribution is 8.26. The first-order chi connectivity index (χ1) is 44.3. The molecular weight excluding hydrogens is 1300 g/mol. The first kappa shape index (κ1) is 75.4. The van der Waals surface area contributed by atoms with Crippen molar-refractivity contribution < 1.29 is 101 Å². The first-order valence-electron chi connectivity index (χ1n) is 26.2. The number of aliphatic hydroxyl groups is 4. The minimum Gasteiger partial charge on any atom is -0.476 e. The van der Waals surface area contributed by atoms with Gasteiger partial charge in [0.1, 0.15) is 30.5 Å². The van der Waals surface area contributed by atoms with Crippen molar-refractivity contribution in [3.63, 3.8) is 0 Å². The normalized spacial score (nSPS) is 19.7. The number of hydrogen-bond donors (Lipinski definition) is 7. The fourth-order valence-electron chi connectivity index (χ4n) is 8.24. The van der Waals surface area contributed by atoms with E-state index in [2.05, 4.69) is 60.7 Å². The molecule has 2 aliphatic rings. The monoisotopic (exact) mass is 1360 g/mol. The Morgan fingerprint density at radius 1 is 0.591 bits per heavy atom. The Bertz CT molecular complexity index is 3950. The SMILES string of the molecule is CO.COC(=O)c1ncc[nH]c1=O.COC(=O)c1nccn([C@@H]2O[C@H](CO)C(O)[C@]2(C)O)c1=O.COC(=O)c1nccn([C@@H]2O[C@H](COC(=O)c3ccccc3)C(OC(=O)c3ccccc3)[C@]2(C)OC(=O)c2ccccc2)c1=O.O=C(O)c1ncc[nH]c1=O.O=S(Cl)Cl. The number of nitrogens with zero attached hydrogens (tertiary/aromatic N) is 6. The van der Waals surface area contributed by atoms with Crippen LogP contribution in [0.25, 0.3) is 0 Å². The third-order valence-corrected chi connectivity index (χ3v) is 12.6. The number of ether oxygens (including phenoxy) is 8. The zero-order chi connectivity index (χ0) is 69.2. The third kappa shape index (κ3) is 20.0. The molecule has 7 aromatic rings. The molecule has 8 atom stereocenters. The van der Waals surface area contributed by atoms with Crippen molar-refractivity contribution in [1.29, 1.82) is 0 Å². The molecule has 0 bridgehead atoms. The van der Waals surface area contributed by atoms with E-state index in [-0.39, 0.29) is 22.4 Å². The largest absolute Gasteiger partial charge is 0.476 e. The van der Waals surface area contributed by atoms with Gasteiger partial charge >= 0.3 is 41.8 Å². The van der Waals surface area contributed by atoms with E-state index in [0.29, 0.717) is 0 Å². The lowest BCUT2D eigenvalue weighted by molar-refractivity contribution is -0.111. The van der Waals surface area contributed by atoms with E-state index in [4.69, 9.17) is 47.9 Å². The molecule has 36 heteroatoms. The fraction of sp³-hybridized carbons (Fsp3) is 0.281. The molecule has 93 heavy (non-hydrogen) atoms. The van der Waals surface area contributed by atoms with Gasteiger partial charge in [0.25, 0.3) is 22.2 Å². The Hall–Kier alpha value is -10.0. The predicted octanol–water partition coefficient (Wildman–Crippen LogP) is 1.33. The average molecular weight is 1360 g/mol. The van der Waals surface area contributed by atoms with E-state index >= 15 is 0 Å². The summed E-state index contributed by atoms with van der Waals surface area (Å²) in [5.41, 5.74) is -7.85. The second-order valence-corrected chi connectivity index (χ2v) is 21.0. The van der Waals surface area contributed by atoms with Gasteiger partial charge in [0.15, 0.2) is 24.2 Å². The van der Waals surface area contributed by atoms with Gasteiger partial charge in [-0.15, -0.1) is 0 Å². The molecule has 6 heterocycles. The molecule has 496 valence electrons. The number of hydrogen-bond acceptors (Lipinski definition) is 28. The molecule has 0 aliphatic carbocycles. The number of esters is 6. The number of carbonyl (C=O) groups is 7. The lowest BCUT2D eigenvalue weighted by atomic mass is 9.95. The molecule has 9 rings (SSSR count). The lowest BCUT2D eigenvalue weighted by Gasteiger charge is -2.34. The number of aromatic amines is 2. The third-order valence-electron chi connectivity index (χ3n) is 12.6. The van der Waals surface area contributed by atoms with E-state index in [1.54, 1.807) is 66.7 Å². The van der Waals surface area contributed by atoms with Gasteiger partial charge in [0.05, 0.1) is 44.6 Å². The van der Waals surface area contributed by atoms with Gasteiger partial charge in [-0.05, 0) is 50.2 Å². The van der Waals surface area contributed by atoms with Crippen molar-refractivity contribution in [3.05, 3.63) is 221 Å². The predicted molar refractivity (Wildman–Crippen MR) is 320 cm³/mol. The minimum atomic E-state index is -1.92. The van der Waals surface area contributed by atoms with E-state index in [0.717, 1.165) is 30.5 Å². The van der Waals surface area contributed by atoms with Crippen LogP contribution in [0.1, 0.15) is 99.3 Å². The summed E-state index contributed by atoms with van der Waals surface area (Å²) in [6.45, 7) is 1.70. The van der Waals surface area contributed by atoms with Crippen LogP contribution in [-0.2, 0) is 47.1 Å². The molecular formula is C57H58Cl2N8O25S. The summed E-state index contributed by atoms with van der Waals surface area (Å²) in [4.78, 5) is 150. The Morgan fingerprint density at radius 3 is 1.38 bits per heavy atom. The number of aromatic carboxylic acids is 1. The average Bonchev–Trinajstić information content (AvgIpc) is 1.62. The fourth-order valence-corrected chi connectivity index (χ4v) is 8.24. The molecule has 4 aromatic heterocycles. The van der Waals surface area contributed by atoms with Crippen LogP contribution < -0.4 is 22.2 Å². The summed E-state index contributed by atoms with van der Waals surface area (Å²) < 4.78 is 53.5. The van der Waals surface area contributed by atoms with Crippen molar-refractivity contribution in [1.82, 2.24) is 39.0 Å². The number of rotatable bonds is 14. The van der Waals surface area contributed by atoms with Crippen LogP contribution in [-0.4, -0.2) is 188 Å². The van der Waals surface area contributed by atoms with Crippen LogP contribution in [0, 0.1) is 0 Å². The quantitative estimate of drug-likeness (QED) is 0.0459. The lowest BCUT2D eigenvalue weighted by Crippen LogP contribution is -2.52. The molecule has 0 saturated carbocycles. The van der Waals surface area contributed by atoms with Gasteiger partial charge in [-0.25, -0.2) is 57.7 Å². The van der Waals surface area contributed by atoms with Gasteiger partial charge in [-0.1, -0.05) is 54.6 Å². The number of H-pyrrole nitrogens is 2. The maximum atomic E-state index is 13.5. The minimum absolute atomic E-state index is 0.168. The van der Waals surface area contributed by atoms with Crippen molar-refractivity contribution in [3.8, 4) is 0 Å². The maximum absolute atomic E-state index is 13.5. The Labute approximate surface area is 535 Å². The summed E-state index contributed by atoms with van der Waals surface area (Å²) in [5.74, 6) is -6.27. The Kier molecular flexibility index (Phi) is 29.3. The topological polar surface area (TPSA) is 473 Å². The molecule has 0 amide bonds. The van der Waals surface area contributed by atoms with Crippen LogP contribution in [0.3, 0.4) is 0 Å². The second kappa shape index (κ2) is 36.1. The van der Waals surface area contributed by atoms with Crippen LogP contribution in [0.5, 0.6) is 0 Å². The van der Waals surface area contributed by atoms with Gasteiger partial charge in [0.2, 0.25) is 32.0 Å². The summed E-state index contributed by atoms with van der Waals surface area (Å²) in [6.07, 6.45) is 2.04. The number of benzene rings is 3. The molecule has 2 aliphatic heterocycles. The van der Waals surface area contributed by atoms with E-state index in [1.807, 2.05) is 0 Å². The van der Waals surface area contributed by atoms with E-state index < -0.39 is 152 Å². The van der Waals surface area contributed by atoms with E-state index in [9.17, 15) is 63.0 Å². The van der Waals surface area contributed by atoms with Crippen LogP contribution in [0.2, 0.25) is 0 Å². The van der Waals surface area contributed by atoms with Crippen molar-refractivity contribution in [2.24, 2.45) is 0 Å². The van der Waals surface area contributed by atoms with E-state index in [1.165, 1.54) is 94.8 Å². The molecule has 7 N–H and O–H groups in total. The zero-order valence-corrected chi connectivity index (χ0v) is 51.7. The smallest absolute Gasteiger partial charge is 0.362 e. The highest BCUT2D eigenvalue weighted by atomic mass is 36.0. The summed E-state index contributed by atoms with van der Waals surface area (Å²) in [7, 11) is 11.7. The Balaban J connectivity index is 0.000000312. The number of aromatic nitrogens is 8. The molecule has 2 unspecified atom stereocenters. The number of carbonyl (C=O) groups excluding carboxylic acids is 6. The van der Waals surface area contributed by atoms with Crippen LogP contribution in [0.4, 0.5) is 0 Å². The summed E-state index contributed by atoms with van der Waals surface area (Å²) >= 11 is 0. The van der Waals surface area contributed by atoms with Crippen molar-refractivity contribution >= 4 is 72.4 Å². The highest BCUT2D eigenvalue weighted by Gasteiger charge is 2.61. The number of aliphatic hydroxyl groups excluding tert-OH is 3. The molecule has 0 spiro atoms. The number of halogens is 2. The maximum Gasteiger partial charge on any atom is 0.362 e. The molecule has 2 fully saturated rings. The van der Waals surface area contributed by atoms with Crippen molar-refractivity contribution in [2.45, 2.75) is 61.9 Å². The molecule has 3 aromatic carbocycles.